The minimum absolute atomic E-state index is 0.112. The Kier molecular flexibility index (Phi) is 4.14. The number of hydrogen-bond donors (Lipinski definition) is 1. The first-order valence-corrected chi connectivity index (χ1v) is 6.29. The third-order valence-corrected chi connectivity index (χ3v) is 3.10. The summed E-state index contributed by atoms with van der Waals surface area (Å²) in [7, 11) is 1.86. The zero-order valence-corrected chi connectivity index (χ0v) is 10.8. The van der Waals surface area contributed by atoms with Crippen LogP contribution in [0, 0.1) is 0 Å². The number of rotatable bonds is 5. The first-order valence-electron chi connectivity index (χ1n) is 6.29. The summed E-state index contributed by atoms with van der Waals surface area (Å²) >= 11 is 0. The highest BCUT2D eigenvalue weighted by Crippen LogP contribution is 2.24. The molecule has 5 heteroatoms. The number of nitrogens with zero attached hydrogens (tertiary/aromatic N) is 1. The predicted octanol–water partition coefficient (Wildman–Crippen LogP) is 3.70. The van der Waals surface area contributed by atoms with Crippen LogP contribution in [0.3, 0.4) is 0 Å². The number of halogens is 3. The second kappa shape index (κ2) is 5.65. The molecule has 0 saturated heterocycles. The van der Waals surface area contributed by atoms with Gasteiger partial charge in [0.05, 0.1) is 5.52 Å². The molecular formula is C14H17F3N2. The van der Waals surface area contributed by atoms with Gasteiger partial charge in [0.15, 0.2) is 0 Å². The van der Waals surface area contributed by atoms with E-state index >= 15 is 0 Å². The lowest BCUT2D eigenvalue weighted by molar-refractivity contribution is -0.135. The van der Waals surface area contributed by atoms with Crippen molar-refractivity contribution in [3.05, 3.63) is 36.0 Å². The third kappa shape index (κ3) is 3.50. The highest BCUT2D eigenvalue weighted by atomic mass is 19.4. The third-order valence-electron chi connectivity index (χ3n) is 3.10. The molecule has 2 aromatic rings. The van der Waals surface area contributed by atoms with Gasteiger partial charge in [0.1, 0.15) is 0 Å². The first-order chi connectivity index (χ1) is 9.01. The number of fused-ring (bicyclic) bond motifs is 1. The Hall–Kier alpha value is -1.49. The van der Waals surface area contributed by atoms with Crippen LogP contribution in [0.4, 0.5) is 13.2 Å². The summed E-state index contributed by atoms with van der Waals surface area (Å²) in [5.41, 5.74) is 2.14. The number of aromatic nitrogens is 1. The van der Waals surface area contributed by atoms with Crippen LogP contribution in [-0.2, 0) is 13.1 Å². The summed E-state index contributed by atoms with van der Waals surface area (Å²) < 4.78 is 38.4. The number of nitrogens with one attached hydrogen (secondary N) is 1. The zero-order valence-electron chi connectivity index (χ0n) is 10.8. The van der Waals surface area contributed by atoms with Gasteiger partial charge in [0, 0.05) is 25.7 Å². The molecule has 1 heterocycles. The smallest absolute Gasteiger partial charge is 0.347 e. The van der Waals surface area contributed by atoms with Crippen LogP contribution in [0.2, 0.25) is 0 Å². The minimum Gasteiger partial charge on any atom is -0.347 e. The van der Waals surface area contributed by atoms with Crippen LogP contribution in [0.1, 0.15) is 18.4 Å². The van der Waals surface area contributed by atoms with E-state index in [9.17, 15) is 13.2 Å². The molecule has 0 spiro atoms. The Labute approximate surface area is 110 Å². The molecule has 0 aliphatic heterocycles. The van der Waals surface area contributed by atoms with E-state index in [1.54, 1.807) is 0 Å². The van der Waals surface area contributed by atoms with Gasteiger partial charge in [-0.1, -0.05) is 18.2 Å². The van der Waals surface area contributed by atoms with Crippen molar-refractivity contribution in [2.24, 2.45) is 0 Å². The normalized spacial score (nSPS) is 12.2. The summed E-state index contributed by atoms with van der Waals surface area (Å²) in [5, 5.41) is 4.15. The van der Waals surface area contributed by atoms with Crippen LogP contribution < -0.4 is 5.32 Å². The lowest BCUT2D eigenvalue weighted by Crippen LogP contribution is -2.10. The fraction of sp³-hybridized carbons (Fsp3) is 0.429. The maximum absolute atomic E-state index is 12.2. The number of para-hydroxylation sites is 1. The van der Waals surface area contributed by atoms with Gasteiger partial charge < -0.3 is 9.88 Å². The Morgan fingerprint density at radius 3 is 2.68 bits per heavy atom. The molecule has 2 rings (SSSR count). The summed E-state index contributed by atoms with van der Waals surface area (Å²) in [5.74, 6) is 0. The Bertz CT molecular complexity index is 543. The summed E-state index contributed by atoms with van der Waals surface area (Å²) in [6.07, 6.45) is -2.83. The lowest BCUT2D eigenvalue weighted by Gasteiger charge is -2.11. The van der Waals surface area contributed by atoms with Crippen molar-refractivity contribution >= 4 is 10.9 Å². The molecule has 0 radical (unpaired) electrons. The average Bonchev–Trinajstić information content (AvgIpc) is 2.73. The molecule has 1 aromatic carbocycles. The molecule has 0 amide bonds. The van der Waals surface area contributed by atoms with Crippen LogP contribution >= 0.6 is 0 Å². The Morgan fingerprint density at radius 2 is 2.00 bits per heavy atom. The molecule has 0 aliphatic rings. The molecule has 2 nitrogen and oxygen atoms in total. The lowest BCUT2D eigenvalue weighted by atomic mass is 10.1. The van der Waals surface area contributed by atoms with E-state index in [1.807, 2.05) is 42.1 Å². The van der Waals surface area contributed by atoms with Gasteiger partial charge >= 0.3 is 6.18 Å². The highest BCUT2D eigenvalue weighted by Gasteiger charge is 2.26. The fourth-order valence-corrected chi connectivity index (χ4v) is 2.31. The van der Waals surface area contributed by atoms with Crippen molar-refractivity contribution in [3.63, 3.8) is 0 Å². The van der Waals surface area contributed by atoms with Gasteiger partial charge in [-0.3, -0.25) is 0 Å². The van der Waals surface area contributed by atoms with Crippen LogP contribution in [0.25, 0.3) is 10.9 Å². The summed E-state index contributed by atoms with van der Waals surface area (Å²) in [4.78, 5) is 0. The largest absolute Gasteiger partial charge is 0.389 e. The molecule has 19 heavy (non-hydrogen) atoms. The van der Waals surface area contributed by atoms with Gasteiger partial charge in [-0.15, -0.1) is 0 Å². The molecule has 104 valence electrons. The molecule has 1 N–H and O–H groups in total. The maximum atomic E-state index is 12.2. The topological polar surface area (TPSA) is 17.0 Å². The molecule has 0 bridgehead atoms. The second-order valence-corrected chi connectivity index (χ2v) is 4.61. The average molecular weight is 270 g/mol. The van der Waals surface area contributed by atoms with Crippen LogP contribution in [0.5, 0.6) is 0 Å². The van der Waals surface area contributed by atoms with Gasteiger partial charge in [-0.25, -0.2) is 0 Å². The molecule has 0 atom stereocenters. The monoisotopic (exact) mass is 270 g/mol. The van der Waals surface area contributed by atoms with E-state index in [0.29, 0.717) is 13.1 Å². The molecular weight excluding hydrogens is 253 g/mol. The zero-order chi connectivity index (χ0) is 13.9. The van der Waals surface area contributed by atoms with Crippen molar-refractivity contribution in [1.29, 1.82) is 0 Å². The van der Waals surface area contributed by atoms with Crippen molar-refractivity contribution in [3.8, 4) is 0 Å². The van der Waals surface area contributed by atoms with Crippen LogP contribution in [-0.4, -0.2) is 17.8 Å². The molecule has 0 aliphatic carbocycles. The van der Waals surface area contributed by atoms with Gasteiger partial charge in [-0.05, 0) is 30.5 Å². The fourth-order valence-electron chi connectivity index (χ4n) is 2.31. The molecule has 0 saturated carbocycles. The number of aryl methyl sites for hydroxylation is 1. The standard InChI is InChI=1S/C14H17F3N2/c1-18-10-12-5-2-4-11-6-9-19(13(11)12)8-3-7-14(15,16)17/h2,4-6,9,18H,3,7-8,10H2,1H3. The number of benzene rings is 1. The van der Waals surface area contributed by atoms with E-state index in [2.05, 4.69) is 5.32 Å². The van der Waals surface area contributed by atoms with Crippen molar-refractivity contribution in [1.82, 2.24) is 9.88 Å². The van der Waals surface area contributed by atoms with E-state index in [4.69, 9.17) is 0 Å². The maximum Gasteiger partial charge on any atom is 0.389 e. The van der Waals surface area contributed by atoms with E-state index < -0.39 is 12.6 Å². The van der Waals surface area contributed by atoms with Gasteiger partial charge in [0.25, 0.3) is 0 Å². The van der Waals surface area contributed by atoms with Crippen molar-refractivity contribution < 1.29 is 13.2 Å². The first kappa shape index (κ1) is 13.9. The number of alkyl halides is 3. The predicted molar refractivity (Wildman–Crippen MR) is 70.0 cm³/mol. The minimum atomic E-state index is -4.07. The van der Waals surface area contributed by atoms with Gasteiger partial charge in [0.2, 0.25) is 0 Å². The summed E-state index contributed by atoms with van der Waals surface area (Å²) in [6.45, 7) is 1.10. The number of hydrogen-bond acceptors (Lipinski definition) is 1. The second-order valence-electron chi connectivity index (χ2n) is 4.61. The van der Waals surface area contributed by atoms with Crippen LogP contribution in [0.15, 0.2) is 30.5 Å². The van der Waals surface area contributed by atoms with E-state index in [0.717, 1.165) is 16.5 Å². The van der Waals surface area contributed by atoms with E-state index in [-0.39, 0.29) is 6.42 Å². The Balaban J connectivity index is 2.19. The van der Waals surface area contributed by atoms with E-state index in [1.165, 1.54) is 0 Å². The molecule has 1 aromatic heterocycles. The summed E-state index contributed by atoms with van der Waals surface area (Å²) in [6, 6.07) is 7.89. The quantitative estimate of drug-likeness (QED) is 0.876. The van der Waals surface area contributed by atoms with Gasteiger partial charge in [-0.2, -0.15) is 13.2 Å². The van der Waals surface area contributed by atoms with Crippen molar-refractivity contribution in [2.45, 2.75) is 32.1 Å². The van der Waals surface area contributed by atoms with Crippen molar-refractivity contribution in [2.75, 3.05) is 7.05 Å². The molecule has 0 fully saturated rings. The highest BCUT2D eigenvalue weighted by molar-refractivity contribution is 5.83. The SMILES string of the molecule is CNCc1cccc2ccn(CCCC(F)(F)F)c12. The Morgan fingerprint density at radius 1 is 1.21 bits per heavy atom. The molecule has 0 unspecified atom stereocenters.